The monoisotopic (exact) mass is 289 g/mol. The first-order chi connectivity index (χ1) is 8.38. The number of nitrogens with zero attached hydrogens (tertiary/aromatic N) is 1. The number of thiazole rings is 1. The minimum absolute atomic E-state index is 0.231. The lowest BCUT2D eigenvalue weighted by Gasteiger charge is -2.13. The molecule has 0 aliphatic heterocycles. The number of fused-ring (bicyclic) bond motifs is 1. The SMILES string of the molecule is CC(Cc1ccc2scnc2c1)C(F)S(=O)(=O)O. The first-order valence-corrected chi connectivity index (χ1v) is 7.68. The second-order valence-electron chi connectivity index (χ2n) is 4.20. The maximum Gasteiger partial charge on any atom is 0.297 e. The minimum atomic E-state index is -4.63. The van der Waals surface area contributed by atoms with Gasteiger partial charge in [0.2, 0.25) is 5.50 Å². The summed E-state index contributed by atoms with van der Waals surface area (Å²) in [6.45, 7) is 1.45. The second-order valence-corrected chi connectivity index (χ2v) is 6.57. The standard InChI is InChI=1S/C11H12FNO3S2/c1-7(11(12)18(14,15)16)4-8-2-3-10-9(5-8)13-6-17-10/h2-3,5-7,11H,4H2,1H3,(H,14,15,16). The maximum atomic E-state index is 13.4. The number of benzene rings is 1. The molecular weight excluding hydrogens is 277 g/mol. The molecule has 0 aliphatic carbocycles. The average molecular weight is 289 g/mol. The van der Waals surface area contributed by atoms with Crippen LogP contribution >= 0.6 is 11.3 Å². The lowest BCUT2D eigenvalue weighted by atomic mass is 10.0. The molecule has 0 saturated heterocycles. The van der Waals surface area contributed by atoms with Crippen LogP contribution in [-0.2, 0) is 16.5 Å². The molecule has 1 heterocycles. The normalized spacial score (nSPS) is 15.7. The van der Waals surface area contributed by atoms with E-state index in [1.54, 1.807) is 11.6 Å². The van der Waals surface area contributed by atoms with Crippen molar-refractivity contribution in [3.8, 4) is 0 Å². The van der Waals surface area contributed by atoms with Crippen LogP contribution in [0.4, 0.5) is 4.39 Å². The number of aromatic nitrogens is 1. The highest BCUT2D eigenvalue weighted by atomic mass is 32.2. The zero-order valence-electron chi connectivity index (χ0n) is 9.58. The summed E-state index contributed by atoms with van der Waals surface area (Å²) in [7, 11) is -4.63. The van der Waals surface area contributed by atoms with E-state index in [1.807, 2.05) is 12.1 Å². The van der Waals surface area contributed by atoms with E-state index in [0.29, 0.717) is 0 Å². The molecule has 4 nitrogen and oxygen atoms in total. The highest BCUT2D eigenvalue weighted by molar-refractivity contribution is 7.86. The molecule has 98 valence electrons. The summed E-state index contributed by atoms with van der Waals surface area (Å²) in [6, 6.07) is 5.49. The molecule has 1 aromatic carbocycles. The van der Waals surface area contributed by atoms with Crippen molar-refractivity contribution in [1.29, 1.82) is 0 Å². The third-order valence-electron chi connectivity index (χ3n) is 2.68. The smallest absolute Gasteiger partial charge is 0.283 e. The van der Waals surface area contributed by atoms with Gasteiger partial charge in [-0.15, -0.1) is 11.3 Å². The summed E-state index contributed by atoms with van der Waals surface area (Å²) in [6.07, 6.45) is 0.231. The molecule has 1 aromatic heterocycles. The van der Waals surface area contributed by atoms with Crippen LogP contribution in [0.5, 0.6) is 0 Å². The minimum Gasteiger partial charge on any atom is -0.283 e. The van der Waals surface area contributed by atoms with E-state index in [-0.39, 0.29) is 6.42 Å². The summed E-state index contributed by atoms with van der Waals surface area (Å²) in [5.74, 6) is -0.809. The lowest BCUT2D eigenvalue weighted by molar-refractivity contribution is 0.297. The molecule has 0 aliphatic rings. The summed E-state index contributed by atoms with van der Waals surface area (Å²) in [5.41, 5.74) is 1.07. The fraction of sp³-hybridized carbons (Fsp3) is 0.364. The third kappa shape index (κ3) is 2.85. The van der Waals surface area contributed by atoms with Gasteiger partial charge in [-0.25, -0.2) is 9.37 Å². The van der Waals surface area contributed by atoms with E-state index < -0.39 is 21.5 Å². The van der Waals surface area contributed by atoms with Gasteiger partial charge in [0, 0.05) is 5.92 Å². The molecular formula is C11H12FNO3S2. The van der Waals surface area contributed by atoms with Gasteiger partial charge in [0.25, 0.3) is 10.1 Å². The molecule has 2 atom stereocenters. The van der Waals surface area contributed by atoms with Crippen molar-refractivity contribution in [1.82, 2.24) is 4.98 Å². The van der Waals surface area contributed by atoms with Gasteiger partial charge in [-0.2, -0.15) is 8.42 Å². The largest absolute Gasteiger partial charge is 0.297 e. The quantitative estimate of drug-likeness (QED) is 0.879. The van der Waals surface area contributed by atoms with Crippen molar-refractivity contribution < 1.29 is 17.4 Å². The van der Waals surface area contributed by atoms with Crippen molar-refractivity contribution in [2.75, 3.05) is 0 Å². The van der Waals surface area contributed by atoms with Crippen molar-refractivity contribution >= 4 is 31.7 Å². The van der Waals surface area contributed by atoms with Gasteiger partial charge in [-0.3, -0.25) is 4.55 Å². The van der Waals surface area contributed by atoms with Gasteiger partial charge in [0.05, 0.1) is 15.7 Å². The zero-order chi connectivity index (χ0) is 13.3. The second kappa shape index (κ2) is 4.91. The Labute approximate surface area is 108 Å². The van der Waals surface area contributed by atoms with Crippen LogP contribution in [0.3, 0.4) is 0 Å². The number of hydrogen-bond donors (Lipinski definition) is 1. The van der Waals surface area contributed by atoms with E-state index in [4.69, 9.17) is 4.55 Å². The molecule has 0 amide bonds. The van der Waals surface area contributed by atoms with Gasteiger partial charge in [0.15, 0.2) is 0 Å². The number of halogens is 1. The highest BCUT2D eigenvalue weighted by Gasteiger charge is 2.28. The molecule has 1 N–H and O–H groups in total. The fourth-order valence-electron chi connectivity index (χ4n) is 1.79. The average Bonchev–Trinajstić information content (AvgIpc) is 2.73. The molecule has 0 fully saturated rings. The Kier molecular flexibility index (Phi) is 3.65. The van der Waals surface area contributed by atoms with Gasteiger partial charge < -0.3 is 0 Å². The first-order valence-electron chi connectivity index (χ1n) is 5.30. The molecule has 0 spiro atoms. The zero-order valence-corrected chi connectivity index (χ0v) is 11.2. The third-order valence-corrected chi connectivity index (χ3v) is 4.53. The van der Waals surface area contributed by atoms with Crippen molar-refractivity contribution in [2.24, 2.45) is 5.92 Å². The summed E-state index contributed by atoms with van der Waals surface area (Å²) in [4.78, 5) is 4.14. The van der Waals surface area contributed by atoms with E-state index in [2.05, 4.69) is 4.98 Å². The van der Waals surface area contributed by atoms with Crippen LogP contribution in [0.2, 0.25) is 0 Å². The van der Waals surface area contributed by atoms with Gasteiger partial charge in [-0.05, 0) is 24.1 Å². The summed E-state index contributed by atoms with van der Waals surface area (Å²) < 4.78 is 44.5. The van der Waals surface area contributed by atoms with E-state index in [0.717, 1.165) is 15.8 Å². The van der Waals surface area contributed by atoms with Crippen LogP contribution in [0, 0.1) is 5.92 Å². The first kappa shape index (κ1) is 13.4. The van der Waals surface area contributed by atoms with Crippen molar-refractivity contribution in [2.45, 2.75) is 18.8 Å². The van der Waals surface area contributed by atoms with E-state index in [9.17, 15) is 12.8 Å². The Morgan fingerprint density at radius 3 is 2.89 bits per heavy atom. The van der Waals surface area contributed by atoms with Crippen LogP contribution in [0.15, 0.2) is 23.7 Å². The predicted octanol–water partition coefficient (Wildman–Crippen LogP) is 2.66. The Morgan fingerprint density at radius 1 is 1.50 bits per heavy atom. The molecule has 0 saturated carbocycles. The number of rotatable bonds is 4. The Balaban J connectivity index is 2.18. The molecule has 2 aromatic rings. The topological polar surface area (TPSA) is 67.3 Å². The number of alkyl halides is 1. The Hall–Kier alpha value is -1.05. The van der Waals surface area contributed by atoms with Gasteiger partial charge >= 0.3 is 0 Å². The molecule has 18 heavy (non-hydrogen) atoms. The van der Waals surface area contributed by atoms with E-state index >= 15 is 0 Å². The van der Waals surface area contributed by atoms with Crippen molar-refractivity contribution in [3.63, 3.8) is 0 Å². The van der Waals surface area contributed by atoms with Crippen molar-refractivity contribution in [3.05, 3.63) is 29.3 Å². The molecule has 2 rings (SSSR count). The summed E-state index contributed by atoms with van der Waals surface area (Å²) >= 11 is 1.50. The number of hydrogen-bond acceptors (Lipinski definition) is 4. The van der Waals surface area contributed by atoms with Gasteiger partial charge in [-0.1, -0.05) is 13.0 Å². The maximum absolute atomic E-state index is 13.4. The van der Waals surface area contributed by atoms with Crippen LogP contribution in [0.1, 0.15) is 12.5 Å². The highest BCUT2D eigenvalue weighted by Crippen LogP contribution is 2.23. The predicted molar refractivity (Wildman–Crippen MR) is 68.9 cm³/mol. The van der Waals surface area contributed by atoms with Crippen LogP contribution < -0.4 is 0 Å². The van der Waals surface area contributed by atoms with Gasteiger partial charge in [0.1, 0.15) is 0 Å². The molecule has 0 radical (unpaired) electrons. The lowest BCUT2D eigenvalue weighted by Crippen LogP contribution is -2.24. The molecule has 2 unspecified atom stereocenters. The summed E-state index contributed by atoms with van der Waals surface area (Å²) in [5, 5.41) is 0. The Bertz CT molecular complexity index is 653. The van der Waals surface area contributed by atoms with Crippen LogP contribution in [0.25, 0.3) is 10.2 Å². The Morgan fingerprint density at radius 2 is 2.22 bits per heavy atom. The fourth-order valence-corrected chi connectivity index (χ4v) is 3.13. The van der Waals surface area contributed by atoms with E-state index in [1.165, 1.54) is 18.3 Å². The molecule has 0 bridgehead atoms. The van der Waals surface area contributed by atoms with Crippen LogP contribution in [-0.4, -0.2) is 23.5 Å². The molecule has 7 heteroatoms.